The topological polar surface area (TPSA) is 45.8 Å². The molecular formula is C13H16N2OS. The maximum Gasteiger partial charge on any atom is 0.259 e. The second-order valence-electron chi connectivity index (χ2n) is 4.91. The van der Waals surface area contributed by atoms with E-state index in [1.165, 1.54) is 18.4 Å². The average molecular weight is 248 g/mol. The zero-order valence-corrected chi connectivity index (χ0v) is 10.9. The van der Waals surface area contributed by atoms with Crippen LogP contribution in [0.25, 0.3) is 10.2 Å². The van der Waals surface area contributed by atoms with Crippen molar-refractivity contribution in [3.63, 3.8) is 0 Å². The minimum Gasteiger partial charge on any atom is -0.310 e. The van der Waals surface area contributed by atoms with Crippen molar-refractivity contribution in [3.8, 4) is 0 Å². The van der Waals surface area contributed by atoms with Gasteiger partial charge in [-0.2, -0.15) is 0 Å². The van der Waals surface area contributed by atoms with E-state index in [2.05, 4.69) is 29.2 Å². The van der Waals surface area contributed by atoms with Gasteiger partial charge in [0.1, 0.15) is 10.7 Å². The molecule has 90 valence electrons. The summed E-state index contributed by atoms with van der Waals surface area (Å²) in [6, 6.07) is 0. The van der Waals surface area contributed by atoms with Crippen LogP contribution in [0.2, 0.25) is 0 Å². The Morgan fingerprint density at radius 1 is 1.59 bits per heavy atom. The van der Waals surface area contributed by atoms with Crippen LogP contribution in [0.5, 0.6) is 0 Å². The Hall–Kier alpha value is -1.16. The van der Waals surface area contributed by atoms with Crippen LogP contribution in [0, 0.1) is 0 Å². The fraction of sp³-hybridized carbons (Fsp3) is 0.538. The molecule has 1 fully saturated rings. The molecule has 1 aliphatic carbocycles. The monoisotopic (exact) mass is 248 g/mol. The summed E-state index contributed by atoms with van der Waals surface area (Å²) < 4.78 is 0. The van der Waals surface area contributed by atoms with Gasteiger partial charge < -0.3 is 4.98 Å². The van der Waals surface area contributed by atoms with Crippen LogP contribution in [-0.4, -0.2) is 9.97 Å². The first-order chi connectivity index (χ1) is 8.20. The Morgan fingerprint density at radius 2 is 2.35 bits per heavy atom. The number of aromatic amines is 1. The summed E-state index contributed by atoms with van der Waals surface area (Å²) in [5.41, 5.74) is 1.27. The summed E-state index contributed by atoms with van der Waals surface area (Å²) in [5.74, 6) is 1.76. The molecule has 3 nitrogen and oxygen atoms in total. The number of fused-ring (bicyclic) bond motifs is 1. The smallest absolute Gasteiger partial charge is 0.259 e. The van der Waals surface area contributed by atoms with Crippen molar-refractivity contribution in [1.82, 2.24) is 9.97 Å². The van der Waals surface area contributed by atoms with Gasteiger partial charge in [-0.15, -0.1) is 11.3 Å². The van der Waals surface area contributed by atoms with Crippen LogP contribution in [0.3, 0.4) is 0 Å². The van der Waals surface area contributed by atoms with E-state index in [9.17, 15) is 4.79 Å². The number of nitrogens with zero attached hydrogens (tertiary/aromatic N) is 1. The maximum atomic E-state index is 12.1. The minimum absolute atomic E-state index is 0.0495. The minimum atomic E-state index is 0.0495. The van der Waals surface area contributed by atoms with Gasteiger partial charge in [0, 0.05) is 5.92 Å². The molecule has 2 aromatic rings. The lowest BCUT2D eigenvalue weighted by atomic mass is 10.1. The van der Waals surface area contributed by atoms with E-state index in [-0.39, 0.29) is 5.56 Å². The number of thiophene rings is 1. The highest BCUT2D eigenvalue weighted by Gasteiger charge is 2.28. The number of nitrogens with one attached hydrogen (secondary N) is 1. The van der Waals surface area contributed by atoms with E-state index in [4.69, 9.17) is 0 Å². The van der Waals surface area contributed by atoms with Crippen molar-refractivity contribution in [2.45, 2.75) is 44.9 Å². The summed E-state index contributed by atoms with van der Waals surface area (Å²) in [6.07, 6.45) is 3.44. The standard InChI is InChI=1S/C13H16N2OS/c1-3-7(2)11-14-12(16)10-9(8-4-5-8)6-17-13(10)15-11/h6-8H,3-5H2,1-2H3,(H,14,15,16). The molecule has 0 radical (unpaired) electrons. The van der Waals surface area contributed by atoms with E-state index >= 15 is 0 Å². The lowest BCUT2D eigenvalue weighted by Gasteiger charge is -2.07. The largest absolute Gasteiger partial charge is 0.310 e. The molecule has 1 N–H and O–H groups in total. The summed E-state index contributed by atoms with van der Waals surface area (Å²) in [7, 11) is 0. The number of H-pyrrole nitrogens is 1. The third kappa shape index (κ3) is 1.80. The van der Waals surface area contributed by atoms with E-state index in [1.807, 2.05) is 0 Å². The zero-order valence-electron chi connectivity index (χ0n) is 10.1. The highest BCUT2D eigenvalue weighted by atomic mass is 32.1. The fourth-order valence-electron chi connectivity index (χ4n) is 2.11. The van der Waals surface area contributed by atoms with Crippen LogP contribution < -0.4 is 5.56 Å². The summed E-state index contributed by atoms with van der Waals surface area (Å²) in [5, 5.41) is 2.95. The molecule has 4 heteroatoms. The maximum absolute atomic E-state index is 12.1. The van der Waals surface area contributed by atoms with Gasteiger partial charge in [0.25, 0.3) is 5.56 Å². The van der Waals surface area contributed by atoms with Gasteiger partial charge in [-0.05, 0) is 36.1 Å². The molecule has 1 unspecified atom stereocenters. The predicted octanol–water partition coefficient (Wildman–Crippen LogP) is 3.38. The highest BCUT2D eigenvalue weighted by molar-refractivity contribution is 7.16. The molecular weight excluding hydrogens is 232 g/mol. The van der Waals surface area contributed by atoms with E-state index in [0.717, 1.165) is 22.5 Å². The number of aromatic nitrogens is 2. The number of rotatable bonds is 3. The van der Waals surface area contributed by atoms with Gasteiger partial charge in [-0.3, -0.25) is 4.79 Å². The molecule has 1 aliphatic rings. The molecule has 2 heterocycles. The third-order valence-electron chi connectivity index (χ3n) is 3.59. The molecule has 0 spiro atoms. The molecule has 0 saturated heterocycles. The van der Waals surface area contributed by atoms with E-state index < -0.39 is 0 Å². The normalized spacial score (nSPS) is 17.5. The Labute approximate surface area is 104 Å². The summed E-state index contributed by atoms with van der Waals surface area (Å²) >= 11 is 1.61. The van der Waals surface area contributed by atoms with Gasteiger partial charge in [0.05, 0.1) is 5.39 Å². The third-order valence-corrected chi connectivity index (χ3v) is 4.48. The molecule has 3 rings (SSSR count). The number of hydrogen-bond donors (Lipinski definition) is 1. The molecule has 0 aliphatic heterocycles. The highest BCUT2D eigenvalue weighted by Crippen LogP contribution is 2.44. The van der Waals surface area contributed by atoms with Gasteiger partial charge in [-0.1, -0.05) is 13.8 Å². The van der Waals surface area contributed by atoms with Crippen LogP contribution in [-0.2, 0) is 0 Å². The summed E-state index contributed by atoms with van der Waals surface area (Å²) in [6.45, 7) is 4.21. The Balaban J connectivity index is 2.18. The second kappa shape index (κ2) is 3.95. The second-order valence-corrected chi connectivity index (χ2v) is 5.76. The Morgan fingerprint density at radius 3 is 3.00 bits per heavy atom. The van der Waals surface area contributed by atoms with Crippen molar-refractivity contribution in [2.24, 2.45) is 0 Å². The quantitative estimate of drug-likeness (QED) is 0.905. The first kappa shape index (κ1) is 11.0. The van der Waals surface area contributed by atoms with Crippen molar-refractivity contribution in [1.29, 1.82) is 0 Å². The number of hydrogen-bond acceptors (Lipinski definition) is 3. The SMILES string of the molecule is CCC(C)c1nc2scc(C3CC3)c2c(=O)[nH]1. The van der Waals surface area contributed by atoms with Crippen LogP contribution in [0.4, 0.5) is 0 Å². The van der Waals surface area contributed by atoms with Gasteiger partial charge in [0.2, 0.25) is 0 Å². The van der Waals surface area contributed by atoms with Crippen molar-refractivity contribution >= 4 is 21.6 Å². The van der Waals surface area contributed by atoms with Gasteiger partial charge in [-0.25, -0.2) is 4.98 Å². The molecule has 0 aromatic carbocycles. The lowest BCUT2D eigenvalue weighted by Crippen LogP contribution is -2.13. The van der Waals surface area contributed by atoms with Crippen molar-refractivity contribution in [2.75, 3.05) is 0 Å². The molecule has 1 saturated carbocycles. The van der Waals surface area contributed by atoms with Crippen LogP contribution >= 0.6 is 11.3 Å². The zero-order chi connectivity index (χ0) is 12.0. The van der Waals surface area contributed by atoms with Crippen LogP contribution in [0.1, 0.15) is 56.3 Å². The molecule has 17 heavy (non-hydrogen) atoms. The summed E-state index contributed by atoms with van der Waals surface area (Å²) in [4.78, 5) is 20.6. The molecule has 2 aromatic heterocycles. The molecule has 0 amide bonds. The van der Waals surface area contributed by atoms with E-state index in [1.54, 1.807) is 11.3 Å². The Kier molecular flexibility index (Phi) is 2.54. The average Bonchev–Trinajstić information content (AvgIpc) is 3.08. The first-order valence-electron chi connectivity index (χ1n) is 6.22. The lowest BCUT2D eigenvalue weighted by molar-refractivity contribution is 0.680. The van der Waals surface area contributed by atoms with Crippen molar-refractivity contribution in [3.05, 3.63) is 27.1 Å². The predicted molar refractivity (Wildman–Crippen MR) is 70.9 cm³/mol. The first-order valence-corrected chi connectivity index (χ1v) is 7.10. The Bertz CT molecular complexity index is 609. The van der Waals surface area contributed by atoms with Crippen LogP contribution in [0.15, 0.2) is 10.2 Å². The van der Waals surface area contributed by atoms with E-state index in [0.29, 0.717) is 11.8 Å². The van der Waals surface area contributed by atoms with Gasteiger partial charge >= 0.3 is 0 Å². The fourth-order valence-corrected chi connectivity index (χ4v) is 3.14. The van der Waals surface area contributed by atoms with Gasteiger partial charge in [0.15, 0.2) is 0 Å². The molecule has 1 atom stereocenters. The van der Waals surface area contributed by atoms with Crippen molar-refractivity contribution < 1.29 is 0 Å². The molecule has 0 bridgehead atoms.